The molecule has 0 heterocycles. The number of rotatable bonds is 2. The van der Waals surface area contributed by atoms with Gasteiger partial charge in [0.05, 0.1) is 6.61 Å². The fourth-order valence-corrected chi connectivity index (χ4v) is 0.771. The molecule has 0 fully saturated rings. The van der Waals surface area contributed by atoms with Crippen LogP contribution in [0.3, 0.4) is 0 Å². The molecule has 1 rings (SSSR count). The van der Waals surface area contributed by atoms with Crippen molar-refractivity contribution in [1.82, 2.24) is 0 Å². The van der Waals surface area contributed by atoms with E-state index in [4.69, 9.17) is 10.5 Å². The summed E-state index contributed by atoms with van der Waals surface area (Å²) in [5, 5.41) is 0. The molecule has 0 spiro atoms. The molecule has 2 nitrogen and oxygen atoms in total. The molecule has 0 radical (unpaired) electrons. The first-order valence-corrected chi connectivity index (χ1v) is 4.31. The lowest BCUT2D eigenvalue weighted by atomic mass is 10.3. The fraction of sp³-hybridized carbons (Fsp3) is 0.400. The summed E-state index contributed by atoms with van der Waals surface area (Å²) in [4.78, 5) is 0. The van der Waals surface area contributed by atoms with E-state index in [0.717, 1.165) is 11.4 Å². The SMILES string of the molecule is CC.CCOc1cccc(N)c1.[HH]. The minimum Gasteiger partial charge on any atom is -0.494 e. The molecule has 0 aliphatic rings. The van der Waals surface area contributed by atoms with Gasteiger partial charge in [0, 0.05) is 13.2 Å². The van der Waals surface area contributed by atoms with E-state index in [1.54, 1.807) is 0 Å². The van der Waals surface area contributed by atoms with Crippen molar-refractivity contribution in [3.05, 3.63) is 24.3 Å². The van der Waals surface area contributed by atoms with Gasteiger partial charge < -0.3 is 10.5 Å². The van der Waals surface area contributed by atoms with E-state index >= 15 is 0 Å². The van der Waals surface area contributed by atoms with E-state index in [9.17, 15) is 0 Å². The second kappa shape index (κ2) is 6.53. The number of anilines is 1. The molecule has 12 heavy (non-hydrogen) atoms. The van der Waals surface area contributed by atoms with Crippen LogP contribution in [0.5, 0.6) is 5.75 Å². The average Bonchev–Trinajstić information content (AvgIpc) is 2.09. The first-order chi connectivity index (χ1) is 5.83. The van der Waals surface area contributed by atoms with Crippen molar-refractivity contribution >= 4 is 5.69 Å². The number of hydrogen-bond acceptors (Lipinski definition) is 2. The van der Waals surface area contributed by atoms with Gasteiger partial charge in [-0.25, -0.2) is 0 Å². The molecule has 0 saturated heterocycles. The van der Waals surface area contributed by atoms with Gasteiger partial charge in [-0.1, -0.05) is 19.9 Å². The topological polar surface area (TPSA) is 35.2 Å². The molecule has 1 aromatic rings. The largest absolute Gasteiger partial charge is 0.494 e. The normalized spacial score (nSPS) is 8.25. The Bertz CT molecular complexity index is 216. The Morgan fingerprint density at radius 2 is 2.08 bits per heavy atom. The summed E-state index contributed by atoms with van der Waals surface area (Å²) in [7, 11) is 0. The first kappa shape index (κ1) is 10.8. The van der Waals surface area contributed by atoms with Gasteiger partial charge in [-0.15, -0.1) is 0 Å². The molecule has 0 aromatic heterocycles. The van der Waals surface area contributed by atoms with Gasteiger partial charge in [-0.2, -0.15) is 0 Å². The van der Waals surface area contributed by atoms with Crippen molar-refractivity contribution < 1.29 is 6.16 Å². The molecule has 0 aliphatic carbocycles. The summed E-state index contributed by atoms with van der Waals surface area (Å²) in [6, 6.07) is 7.41. The highest BCUT2D eigenvalue weighted by molar-refractivity contribution is 5.43. The lowest BCUT2D eigenvalue weighted by Gasteiger charge is -2.01. The third-order valence-corrected chi connectivity index (χ3v) is 1.17. The van der Waals surface area contributed by atoms with Crippen LogP contribution in [-0.4, -0.2) is 6.61 Å². The van der Waals surface area contributed by atoms with Gasteiger partial charge in [0.1, 0.15) is 5.75 Å². The maximum absolute atomic E-state index is 5.51. The monoisotopic (exact) mass is 169 g/mol. The van der Waals surface area contributed by atoms with Crippen LogP contribution in [0.4, 0.5) is 5.69 Å². The second-order valence-electron chi connectivity index (χ2n) is 2.01. The molecule has 0 bridgehead atoms. The zero-order valence-corrected chi connectivity index (χ0v) is 8.00. The smallest absolute Gasteiger partial charge is 0.121 e. The van der Waals surface area contributed by atoms with Crippen molar-refractivity contribution in [1.29, 1.82) is 0 Å². The van der Waals surface area contributed by atoms with Crippen molar-refractivity contribution in [2.45, 2.75) is 20.8 Å². The predicted molar refractivity (Wildman–Crippen MR) is 55.5 cm³/mol. The maximum atomic E-state index is 5.51. The van der Waals surface area contributed by atoms with Crippen LogP contribution in [0.25, 0.3) is 0 Å². The number of benzene rings is 1. The lowest BCUT2D eigenvalue weighted by Crippen LogP contribution is -1.92. The molecule has 0 aliphatic heterocycles. The predicted octanol–water partition coefficient (Wildman–Crippen LogP) is 2.94. The minimum absolute atomic E-state index is 0. The number of ether oxygens (including phenoxy) is 1. The lowest BCUT2D eigenvalue weighted by molar-refractivity contribution is 0.340. The van der Waals surface area contributed by atoms with Gasteiger partial charge in [-0.05, 0) is 19.1 Å². The van der Waals surface area contributed by atoms with E-state index < -0.39 is 0 Å². The van der Waals surface area contributed by atoms with Crippen molar-refractivity contribution in [3.63, 3.8) is 0 Å². The number of nitrogens with two attached hydrogens (primary N) is 1. The summed E-state index contributed by atoms with van der Waals surface area (Å²) in [6.07, 6.45) is 0. The molecule has 2 N–H and O–H groups in total. The van der Waals surface area contributed by atoms with Crippen LogP contribution < -0.4 is 10.5 Å². The zero-order valence-electron chi connectivity index (χ0n) is 8.00. The zero-order chi connectivity index (χ0) is 9.40. The van der Waals surface area contributed by atoms with E-state index in [0.29, 0.717) is 6.61 Å². The van der Waals surface area contributed by atoms with Crippen molar-refractivity contribution in [2.24, 2.45) is 0 Å². The van der Waals surface area contributed by atoms with Crippen LogP contribution >= 0.6 is 0 Å². The van der Waals surface area contributed by atoms with Crippen LogP contribution in [0.15, 0.2) is 24.3 Å². The summed E-state index contributed by atoms with van der Waals surface area (Å²) >= 11 is 0. The molecule has 0 atom stereocenters. The molecular weight excluding hydrogens is 150 g/mol. The Hall–Kier alpha value is -1.18. The van der Waals surface area contributed by atoms with Gasteiger partial charge in [0.15, 0.2) is 0 Å². The quantitative estimate of drug-likeness (QED) is 0.691. The fourth-order valence-electron chi connectivity index (χ4n) is 0.771. The van der Waals surface area contributed by atoms with E-state index in [1.165, 1.54) is 0 Å². The molecule has 2 heteroatoms. The van der Waals surface area contributed by atoms with E-state index in [-0.39, 0.29) is 1.43 Å². The average molecular weight is 169 g/mol. The van der Waals surface area contributed by atoms with Gasteiger partial charge >= 0.3 is 0 Å². The van der Waals surface area contributed by atoms with Crippen LogP contribution in [0.2, 0.25) is 0 Å². The Morgan fingerprint density at radius 1 is 1.42 bits per heavy atom. The Morgan fingerprint density at radius 3 is 2.58 bits per heavy atom. The minimum atomic E-state index is 0. The number of nitrogen functional groups attached to an aromatic ring is 1. The third kappa shape index (κ3) is 3.86. The summed E-state index contributed by atoms with van der Waals surface area (Å²) in [5.74, 6) is 0.836. The molecule has 0 saturated carbocycles. The van der Waals surface area contributed by atoms with E-state index in [1.807, 2.05) is 45.0 Å². The second-order valence-corrected chi connectivity index (χ2v) is 2.01. The molecule has 70 valence electrons. The summed E-state index contributed by atoms with van der Waals surface area (Å²) in [6.45, 7) is 6.63. The third-order valence-electron chi connectivity index (χ3n) is 1.17. The Kier molecular flexibility index (Phi) is 5.88. The highest BCUT2D eigenvalue weighted by atomic mass is 16.5. The summed E-state index contributed by atoms with van der Waals surface area (Å²) < 4.78 is 5.21. The van der Waals surface area contributed by atoms with E-state index in [2.05, 4.69) is 0 Å². The number of hydrogen-bond donors (Lipinski definition) is 1. The molecule has 0 amide bonds. The molecular formula is C10H19NO. The Balaban J connectivity index is 0. The van der Waals surface area contributed by atoms with Gasteiger partial charge in [0.2, 0.25) is 0 Å². The van der Waals surface area contributed by atoms with Crippen LogP contribution in [0.1, 0.15) is 22.2 Å². The van der Waals surface area contributed by atoms with Crippen LogP contribution in [0, 0.1) is 0 Å². The molecule has 0 unspecified atom stereocenters. The van der Waals surface area contributed by atoms with Gasteiger partial charge in [0.25, 0.3) is 0 Å². The molecule has 1 aromatic carbocycles. The Labute approximate surface area is 75.8 Å². The highest BCUT2D eigenvalue weighted by Crippen LogP contribution is 2.13. The summed E-state index contributed by atoms with van der Waals surface area (Å²) in [5.41, 5.74) is 6.25. The highest BCUT2D eigenvalue weighted by Gasteiger charge is 1.89. The van der Waals surface area contributed by atoms with Crippen LogP contribution in [-0.2, 0) is 0 Å². The first-order valence-electron chi connectivity index (χ1n) is 4.31. The van der Waals surface area contributed by atoms with Crippen molar-refractivity contribution in [3.8, 4) is 5.75 Å². The van der Waals surface area contributed by atoms with Crippen molar-refractivity contribution in [2.75, 3.05) is 12.3 Å². The standard InChI is InChI=1S/C8H11NO.C2H6.H2/c1-2-10-8-5-3-4-7(9)6-8;1-2;/h3-6H,2,9H2,1H3;1-2H3;1H. The maximum Gasteiger partial charge on any atom is 0.121 e. The van der Waals surface area contributed by atoms with Gasteiger partial charge in [-0.3, -0.25) is 0 Å².